The molecule has 2 fully saturated rings. The van der Waals surface area contributed by atoms with Crippen molar-refractivity contribution in [2.75, 3.05) is 19.6 Å². The second-order valence-corrected chi connectivity index (χ2v) is 7.21. The van der Waals surface area contributed by atoms with Gasteiger partial charge in [-0.25, -0.2) is 4.99 Å². The average molecular weight is 318 g/mol. The number of rotatable bonds is 3. The summed E-state index contributed by atoms with van der Waals surface area (Å²) in [7, 11) is 0. The maximum atomic E-state index is 5.25. The monoisotopic (exact) mass is 318 g/mol. The number of likely N-dealkylation sites (tertiary alicyclic amines) is 1. The molecule has 5 heteroatoms. The molecule has 0 amide bonds. The molecular formula is C18H30N4O. The van der Waals surface area contributed by atoms with E-state index in [0.29, 0.717) is 12.0 Å². The summed E-state index contributed by atoms with van der Waals surface area (Å²) in [5.41, 5.74) is 2.62. The third-order valence-electron chi connectivity index (χ3n) is 5.56. The molecule has 0 aromatic carbocycles. The molecule has 3 rings (SSSR count). The Morgan fingerprint density at radius 3 is 2.70 bits per heavy atom. The van der Waals surface area contributed by atoms with E-state index in [1.54, 1.807) is 0 Å². The van der Waals surface area contributed by atoms with Crippen LogP contribution in [-0.4, -0.2) is 35.7 Å². The SMILES string of the molecule is CCNC(=NCc1c(C)noc1C)N1CCC2(CCCCC2)C1. The number of aryl methyl sites for hydroxylation is 2. The van der Waals surface area contributed by atoms with Gasteiger partial charge in [-0.15, -0.1) is 0 Å². The van der Waals surface area contributed by atoms with Crippen LogP contribution in [0.25, 0.3) is 0 Å². The molecule has 128 valence electrons. The topological polar surface area (TPSA) is 53.7 Å². The van der Waals surface area contributed by atoms with Crippen molar-refractivity contribution < 1.29 is 4.52 Å². The molecule has 1 aromatic heterocycles. The molecular weight excluding hydrogens is 288 g/mol. The van der Waals surface area contributed by atoms with Crippen molar-refractivity contribution in [1.29, 1.82) is 0 Å². The molecule has 0 bridgehead atoms. The summed E-state index contributed by atoms with van der Waals surface area (Å²) in [5.74, 6) is 1.93. The minimum Gasteiger partial charge on any atom is -0.361 e. The van der Waals surface area contributed by atoms with Crippen LogP contribution in [0.2, 0.25) is 0 Å². The number of nitrogens with zero attached hydrogens (tertiary/aromatic N) is 3. The normalized spacial score (nSPS) is 21.2. The van der Waals surface area contributed by atoms with E-state index in [9.17, 15) is 0 Å². The maximum Gasteiger partial charge on any atom is 0.194 e. The zero-order chi connectivity index (χ0) is 16.3. The van der Waals surface area contributed by atoms with Crippen molar-refractivity contribution >= 4 is 5.96 Å². The Hall–Kier alpha value is -1.52. The largest absolute Gasteiger partial charge is 0.361 e. The average Bonchev–Trinajstić information content (AvgIpc) is 3.09. The van der Waals surface area contributed by atoms with Gasteiger partial charge in [0.05, 0.1) is 12.2 Å². The first-order chi connectivity index (χ1) is 11.1. The van der Waals surface area contributed by atoms with Crippen LogP contribution in [0.3, 0.4) is 0 Å². The number of hydrogen-bond acceptors (Lipinski definition) is 3. The van der Waals surface area contributed by atoms with Gasteiger partial charge in [-0.2, -0.15) is 0 Å². The van der Waals surface area contributed by atoms with E-state index in [4.69, 9.17) is 9.52 Å². The van der Waals surface area contributed by atoms with Gasteiger partial charge in [-0.3, -0.25) is 0 Å². The van der Waals surface area contributed by atoms with Gasteiger partial charge < -0.3 is 14.7 Å². The van der Waals surface area contributed by atoms with E-state index in [1.807, 2.05) is 13.8 Å². The highest BCUT2D eigenvalue weighted by Gasteiger charge is 2.39. The van der Waals surface area contributed by atoms with E-state index in [0.717, 1.165) is 36.1 Å². The second-order valence-electron chi connectivity index (χ2n) is 7.21. The highest BCUT2D eigenvalue weighted by molar-refractivity contribution is 5.80. The standard InChI is InChI=1S/C18H30N4O/c1-4-19-17(20-12-16-14(2)21-23-15(16)3)22-11-10-18(13-22)8-6-5-7-9-18/h4-13H2,1-3H3,(H,19,20). The summed E-state index contributed by atoms with van der Waals surface area (Å²) < 4.78 is 5.25. The van der Waals surface area contributed by atoms with Gasteiger partial charge in [0.2, 0.25) is 0 Å². The summed E-state index contributed by atoms with van der Waals surface area (Å²) in [4.78, 5) is 7.33. The molecule has 2 heterocycles. The third-order valence-corrected chi connectivity index (χ3v) is 5.56. The fourth-order valence-corrected chi connectivity index (χ4v) is 4.13. The minimum atomic E-state index is 0.553. The maximum absolute atomic E-state index is 5.25. The van der Waals surface area contributed by atoms with Gasteiger partial charge in [0.15, 0.2) is 5.96 Å². The summed E-state index contributed by atoms with van der Waals surface area (Å²) in [6, 6.07) is 0. The summed E-state index contributed by atoms with van der Waals surface area (Å²) in [6.07, 6.45) is 8.34. The van der Waals surface area contributed by atoms with Crippen molar-refractivity contribution in [2.45, 2.75) is 65.8 Å². The molecule has 2 aliphatic rings. The van der Waals surface area contributed by atoms with Crippen LogP contribution in [0.5, 0.6) is 0 Å². The Kier molecular flexibility index (Phi) is 4.93. The molecule has 0 radical (unpaired) electrons. The van der Waals surface area contributed by atoms with Crippen molar-refractivity contribution in [2.24, 2.45) is 10.4 Å². The Labute approximate surface area is 139 Å². The molecule has 0 atom stereocenters. The molecule has 1 aromatic rings. The quantitative estimate of drug-likeness (QED) is 0.685. The zero-order valence-electron chi connectivity index (χ0n) is 14.8. The van der Waals surface area contributed by atoms with E-state index >= 15 is 0 Å². The van der Waals surface area contributed by atoms with E-state index in [-0.39, 0.29) is 0 Å². The first-order valence-electron chi connectivity index (χ1n) is 9.08. The summed E-state index contributed by atoms with van der Waals surface area (Å²) in [5, 5.41) is 7.50. The van der Waals surface area contributed by atoms with Crippen LogP contribution in [0.1, 0.15) is 62.5 Å². The van der Waals surface area contributed by atoms with Gasteiger partial charge in [0.25, 0.3) is 0 Å². The van der Waals surface area contributed by atoms with E-state index < -0.39 is 0 Å². The van der Waals surface area contributed by atoms with Crippen LogP contribution in [0.15, 0.2) is 9.52 Å². The molecule has 1 saturated carbocycles. The van der Waals surface area contributed by atoms with Gasteiger partial charge in [-0.1, -0.05) is 24.4 Å². The Bertz CT molecular complexity index is 538. The first kappa shape index (κ1) is 16.3. The van der Waals surface area contributed by atoms with Gasteiger partial charge in [-0.05, 0) is 45.4 Å². The Morgan fingerprint density at radius 2 is 2.04 bits per heavy atom. The highest BCUT2D eigenvalue weighted by atomic mass is 16.5. The zero-order valence-corrected chi connectivity index (χ0v) is 14.8. The number of guanidine groups is 1. The van der Waals surface area contributed by atoms with Crippen molar-refractivity contribution in [3.8, 4) is 0 Å². The van der Waals surface area contributed by atoms with Crippen LogP contribution in [0, 0.1) is 19.3 Å². The lowest BCUT2D eigenvalue weighted by atomic mass is 9.73. The van der Waals surface area contributed by atoms with Gasteiger partial charge in [0.1, 0.15) is 5.76 Å². The fourth-order valence-electron chi connectivity index (χ4n) is 4.13. The molecule has 5 nitrogen and oxygen atoms in total. The van der Waals surface area contributed by atoms with Crippen LogP contribution in [0.4, 0.5) is 0 Å². The van der Waals surface area contributed by atoms with E-state index in [1.165, 1.54) is 45.1 Å². The molecule has 1 N–H and O–H groups in total. The second kappa shape index (κ2) is 6.93. The number of aromatic nitrogens is 1. The van der Waals surface area contributed by atoms with Crippen molar-refractivity contribution in [1.82, 2.24) is 15.4 Å². The lowest BCUT2D eigenvalue weighted by Gasteiger charge is -2.33. The molecule has 1 spiro atoms. The summed E-state index contributed by atoms with van der Waals surface area (Å²) >= 11 is 0. The number of aliphatic imine (C=N–C) groups is 1. The highest BCUT2D eigenvalue weighted by Crippen LogP contribution is 2.43. The van der Waals surface area contributed by atoms with Crippen LogP contribution in [-0.2, 0) is 6.54 Å². The first-order valence-corrected chi connectivity index (χ1v) is 9.08. The molecule has 1 saturated heterocycles. The fraction of sp³-hybridized carbons (Fsp3) is 0.778. The molecule has 1 aliphatic heterocycles. The van der Waals surface area contributed by atoms with E-state index in [2.05, 4.69) is 22.3 Å². The Balaban J connectivity index is 1.70. The Morgan fingerprint density at radius 1 is 1.26 bits per heavy atom. The van der Waals surface area contributed by atoms with Crippen LogP contribution >= 0.6 is 0 Å². The minimum absolute atomic E-state index is 0.553. The number of hydrogen-bond donors (Lipinski definition) is 1. The molecule has 0 unspecified atom stereocenters. The van der Waals surface area contributed by atoms with Gasteiger partial charge >= 0.3 is 0 Å². The van der Waals surface area contributed by atoms with Crippen LogP contribution < -0.4 is 5.32 Å². The smallest absolute Gasteiger partial charge is 0.194 e. The molecule has 1 aliphatic carbocycles. The van der Waals surface area contributed by atoms with Crippen molar-refractivity contribution in [3.05, 3.63) is 17.0 Å². The lowest BCUT2D eigenvalue weighted by molar-refractivity contribution is 0.203. The third kappa shape index (κ3) is 3.54. The molecule has 23 heavy (non-hydrogen) atoms. The predicted octanol–water partition coefficient (Wildman–Crippen LogP) is 3.41. The lowest BCUT2D eigenvalue weighted by Crippen LogP contribution is -2.41. The van der Waals surface area contributed by atoms with Gasteiger partial charge in [0, 0.05) is 25.2 Å². The number of nitrogens with one attached hydrogen (secondary N) is 1. The predicted molar refractivity (Wildman–Crippen MR) is 92.5 cm³/mol. The summed E-state index contributed by atoms with van der Waals surface area (Å²) in [6.45, 7) is 9.94. The van der Waals surface area contributed by atoms with Crippen molar-refractivity contribution in [3.63, 3.8) is 0 Å².